The van der Waals surface area contributed by atoms with Crippen LogP contribution < -0.4 is 10.6 Å². The van der Waals surface area contributed by atoms with Gasteiger partial charge in [0.2, 0.25) is 5.91 Å². The zero-order valence-electron chi connectivity index (χ0n) is 15.8. The number of hydrogen-bond donors (Lipinski definition) is 1. The summed E-state index contributed by atoms with van der Waals surface area (Å²) in [5, 5.41) is 0.680. The van der Waals surface area contributed by atoms with Gasteiger partial charge in [-0.3, -0.25) is 4.79 Å². The van der Waals surface area contributed by atoms with Gasteiger partial charge in [0.15, 0.2) is 0 Å². The number of aromatic nitrogens is 2. The van der Waals surface area contributed by atoms with Crippen molar-refractivity contribution in [3.63, 3.8) is 0 Å². The molecule has 3 aromatic rings. The van der Waals surface area contributed by atoms with Crippen LogP contribution in [0.2, 0.25) is 5.02 Å². The Morgan fingerprint density at radius 2 is 1.83 bits per heavy atom. The molecule has 1 saturated heterocycles. The summed E-state index contributed by atoms with van der Waals surface area (Å²) in [5.74, 6) is 0.948. The highest BCUT2D eigenvalue weighted by Gasteiger charge is 2.27. The van der Waals surface area contributed by atoms with Crippen LogP contribution in [0, 0.1) is 2.88 Å². The molecule has 1 aliphatic rings. The first-order valence-corrected chi connectivity index (χ1v) is 11.2. The van der Waals surface area contributed by atoms with Crippen LogP contribution in [0.3, 0.4) is 0 Å². The highest BCUT2D eigenvalue weighted by atomic mass is 127. The number of nitrogens with zero attached hydrogens (tertiary/aromatic N) is 4. The van der Waals surface area contributed by atoms with Crippen molar-refractivity contribution in [2.45, 2.75) is 12.5 Å². The number of nitrogens with two attached hydrogens (primary N) is 1. The Hall–Kier alpha value is -0.910. The predicted molar refractivity (Wildman–Crippen MR) is 137 cm³/mol. The second-order valence-corrected chi connectivity index (χ2v) is 10.1. The molecule has 162 valence electrons. The molecule has 11 heteroatoms. The Morgan fingerprint density at radius 3 is 2.50 bits per heavy atom. The molecule has 0 aliphatic carbocycles. The molecular weight excluding hydrogens is 580 g/mol. The number of anilines is 1. The van der Waals surface area contributed by atoms with Gasteiger partial charge in [0.05, 0.1) is 19.1 Å². The third-order valence-electron chi connectivity index (χ3n) is 4.84. The lowest BCUT2D eigenvalue weighted by Crippen LogP contribution is -2.53. The number of hydrogen-bond acceptors (Lipinski definition) is 6. The zero-order valence-corrected chi connectivity index (χ0v) is 21.2. The van der Waals surface area contributed by atoms with Crippen LogP contribution in [-0.4, -0.2) is 53.0 Å². The first-order chi connectivity index (χ1) is 13.5. The first kappa shape index (κ1) is 25.4. The van der Waals surface area contributed by atoms with Crippen LogP contribution >= 0.6 is 70.3 Å². The molecule has 4 rings (SSSR count). The predicted octanol–water partition coefficient (Wildman–Crippen LogP) is 4.01. The molecular formula is C19H21Cl3IN5OS. The third kappa shape index (κ3) is 5.66. The van der Waals surface area contributed by atoms with Crippen LogP contribution in [0.15, 0.2) is 36.7 Å². The molecule has 1 aliphatic heterocycles. The minimum Gasteiger partial charge on any atom is -0.352 e. The molecule has 0 spiro atoms. The summed E-state index contributed by atoms with van der Waals surface area (Å²) < 4.78 is 2.29. The maximum Gasteiger partial charge on any atom is 0.239 e. The molecule has 2 N–H and O–H groups in total. The Bertz CT molecular complexity index is 996. The van der Waals surface area contributed by atoms with Gasteiger partial charge in [-0.15, -0.1) is 36.2 Å². The summed E-state index contributed by atoms with van der Waals surface area (Å²) in [7, 11) is 0. The summed E-state index contributed by atoms with van der Waals surface area (Å²) in [5.41, 5.74) is 8.17. The topological polar surface area (TPSA) is 75.4 Å². The largest absolute Gasteiger partial charge is 0.352 e. The summed E-state index contributed by atoms with van der Waals surface area (Å²) in [6, 6.07) is 8.99. The number of fused-ring (bicyclic) bond motifs is 1. The summed E-state index contributed by atoms with van der Waals surface area (Å²) in [6.45, 7) is 2.75. The van der Waals surface area contributed by atoms with E-state index >= 15 is 0 Å². The number of rotatable bonds is 4. The number of halogens is 4. The molecule has 1 fully saturated rings. The minimum atomic E-state index is -0.544. The van der Waals surface area contributed by atoms with E-state index in [0.29, 0.717) is 24.5 Å². The molecule has 1 amide bonds. The van der Waals surface area contributed by atoms with E-state index in [1.54, 1.807) is 17.7 Å². The van der Waals surface area contributed by atoms with E-state index in [1.165, 1.54) is 2.88 Å². The highest BCUT2D eigenvalue weighted by Crippen LogP contribution is 2.32. The monoisotopic (exact) mass is 599 g/mol. The Labute approximate surface area is 210 Å². The molecule has 6 nitrogen and oxygen atoms in total. The maximum atomic E-state index is 12.8. The molecule has 1 aromatic carbocycles. The number of amides is 1. The third-order valence-corrected chi connectivity index (χ3v) is 6.97. The van der Waals surface area contributed by atoms with E-state index in [4.69, 9.17) is 17.3 Å². The summed E-state index contributed by atoms with van der Waals surface area (Å²) >= 11 is 9.92. The molecule has 2 aromatic heterocycles. The van der Waals surface area contributed by atoms with Crippen LogP contribution in [0.1, 0.15) is 5.56 Å². The molecule has 30 heavy (non-hydrogen) atoms. The lowest BCUT2D eigenvalue weighted by Gasteiger charge is -2.36. The Kier molecular flexibility index (Phi) is 9.38. The van der Waals surface area contributed by atoms with Gasteiger partial charge >= 0.3 is 0 Å². The molecule has 0 unspecified atom stereocenters. The van der Waals surface area contributed by atoms with Crippen molar-refractivity contribution in [2.24, 2.45) is 5.73 Å². The number of benzene rings is 1. The van der Waals surface area contributed by atoms with Gasteiger partial charge in [0.25, 0.3) is 0 Å². The number of carbonyl (C=O) groups excluding carboxylic acids is 1. The van der Waals surface area contributed by atoms with Crippen LogP contribution in [0.5, 0.6) is 0 Å². The van der Waals surface area contributed by atoms with Gasteiger partial charge in [-0.1, -0.05) is 23.7 Å². The highest BCUT2D eigenvalue weighted by molar-refractivity contribution is 14.1. The van der Waals surface area contributed by atoms with Crippen molar-refractivity contribution in [3.05, 3.63) is 50.1 Å². The Morgan fingerprint density at radius 1 is 1.17 bits per heavy atom. The number of carbonyl (C=O) groups is 1. The van der Waals surface area contributed by atoms with E-state index < -0.39 is 6.04 Å². The minimum absolute atomic E-state index is 0. The lowest BCUT2D eigenvalue weighted by molar-refractivity contribution is -0.132. The van der Waals surface area contributed by atoms with Crippen molar-refractivity contribution in [1.82, 2.24) is 14.9 Å². The molecule has 0 saturated carbocycles. The molecule has 0 bridgehead atoms. The van der Waals surface area contributed by atoms with E-state index in [2.05, 4.69) is 43.5 Å². The van der Waals surface area contributed by atoms with Crippen molar-refractivity contribution < 1.29 is 4.79 Å². The second kappa shape index (κ2) is 11.1. The quantitative estimate of drug-likeness (QED) is 0.459. The summed E-state index contributed by atoms with van der Waals surface area (Å²) in [4.78, 5) is 25.7. The molecule has 3 heterocycles. The smallest absolute Gasteiger partial charge is 0.239 e. The van der Waals surface area contributed by atoms with Crippen molar-refractivity contribution in [3.8, 4) is 0 Å². The van der Waals surface area contributed by atoms with E-state index in [9.17, 15) is 4.79 Å². The van der Waals surface area contributed by atoms with Crippen molar-refractivity contribution in [2.75, 3.05) is 31.1 Å². The van der Waals surface area contributed by atoms with Crippen molar-refractivity contribution >= 4 is 92.3 Å². The van der Waals surface area contributed by atoms with Crippen LogP contribution in [0.25, 0.3) is 10.2 Å². The van der Waals surface area contributed by atoms with E-state index in [1.807, 2.05) is 29.2 Å². The van der Waals surface area contributed by atoms with Gasteiger partial charge in [-0.2, -0.15) is 0 Å². The first-order valence-electron chi connectivity index (χ1n) is 8.95. The Balaban J connectivity index is 0.00000160. The summed E-state index contributed by atoms with van der Waals surface area (Å²) in [6.07, 6.45) is 2.12. The van der Waals surface area contributed by atoms with E-state index in [0.717, 1.165) is 34.7 Å². The zero-order chi connectivity index (χ0) is 19.7. The average Bonchev–Trinajstić information content (AvgIpc) is 3.09. The second-order valence-electron chi connectivity index (χ2n) is 6.71. The van der Waals surface area contributed by atoms with E-state index in [-0.39, 0.29) is 30.7 Å². The molecule has 1 atom stereocenters. The van der Waals surface area contributed by atoms with Crippen LogP contribution in [0.4, 0.5) is 5.82 Å². The fraction of sp³-hybridized carbons (Fsp3) is 0.316. The standard InChI is InChI=1S/C19H19ClIN5OS.2ClH/c20-13-3-1-12(2-4-13)9-14(22)19(27)26-7-5-25(6-8-26)18-17-15(23-11-24-18)10-16(21)28-17;;/h1-4,10-11,14H,5-9,22H2;2*1H/t14-;;/m1../s1. The lowest BCUT2D eigenvalue weighted by atomic mass is 10.1. The molecule has 0 radical (unpaired) electrons. The van der Waals surface area contributed by atoms with Gasteiger partial charge in [-0.25, -0.2) is 9.97 Å². The fourth-order valence-corrected chi connectivity index (χ4v) is 5.31. The van der Waals surface area contributed by atoms with Crippen molar-refractivity contribution in [1.29, 1.82) is 0 Å². The van der Waals surface area contributed by atoms with Gasteiger partial charge in [0, 0.05) is 31.2 Å². The van der Waals surface area contributed by atoms with Crippen LogP contribution in [-0.2, 0) is 11.2 Å². The van der Waals surface area contributed by atoms with Gasteiger partial charge < -0.3 is 15.5 Å². The fourth-order valence-electron chi connectivity index (χ4n) is 3.37. The normalized spacial score (nSPS) is 14.8. The maximum absolute atomic E-state index is 12.8. The van der Waals surface area contributed by atoms with Gasteiger partial charge in [-0.05, 0) is 52.8 Å². The number of thiophene rings is 1. The average molecular weight is 601 g/mol. The SMILES string of the molecule is Cl.Cl.N[C@H](Cc1ccc(Cl)cc1)C(=O)N1CCN(c2ncnc3cc(I)sc23)CC1. The van der Waals surface area contributed by atoms with Gasteiger partial charge in [0.1, 0.15) is 12.1 Å². The number of piperazine rings is 1.